The van der Waals surface area contributed by atoms with Gasteiger partial charge in [-0.3, -0.25) is 9.48 Å². The Balaban J connectivity index is 1.41. The molecule has 0 aliphatic heterocycles. The number of para-hydroxylation sites is 1. The summed E-state index contributed by atoms with van der Waals surface area (Å²) >= 11 is 0. The first-order valence-corrected chi connectivity index (χ1v) is 9.90. The number of hydrogen-bond donors (Lipinski definition) is 2. The summed E-state index contributed by atoms with van der Waals surface area (Å²) in [7, 11) is 0. The topological polar surface area (TPSA) is 59.0 Å². The first-order chi connectivity index (χ1) is 14.6. The third kappa shape index (κ3) is 4.75. The molecule has 150 valence electrons. The lowest BCUT2D eigenvalue weighted by atomic mass is 10.1. The zero-order chi connectivity index (χ0) is 20.9. The molecule has 30 heavy (non-hydrogen) atoms. The molecule has 5 heteroatoms. The number of carbonyl (C=O) groups is 1. The molecular weight excluding hydrogens is 372 g/mol. The highest BCUT2D eigenvalue weighted by Crippen LogP contribution is 2.19. The van der Waals surface area contributed by atoms with E-state index in [-0.39, 0.29) is 5.91 Å². The highest BCUT2D eigenvalue weighted by atomic mass is 16.1. The normalized spacial score (nSPS) is 10.6. The highest BCUT2D eigenvalue weighted by Gasteiger charge is 2.09. The van der Waals surface area contributed by atoms with Gasteiger partial charge in [0.1, 0.15) is 0 Å². The number of benzene rings is 3. The summed E-state index contributed by atoms with van der Waals surface area (Å²) < 4.78 is 1.95. The molecule has 0 unspecified atom stereocenters. The fourth-order valence-corrected chi connectivity index (χ4v) is 3.35. The van der Waals surface area contributed by atoms with Crippen LogP contribution in [0.15, 0.2) is 84.9 Å². The van der Waals surface area contributed by atoms with Crippen molar-refractivity contribution in [3.8, 4) is 0 Å². The summed E-state index contributed by atoms with van der Waals surface area (Å²) in [6, 6.07) is 27.4. The number of nitrogens with one attached hydrogen (secondary N) is 2. The number of aryl methyl sites for hydroxylation is 2. The van der Waals surface area contributed by atoms with Crippen molar-refractivity contribution in [2.45, 2.75) is 20.4 Å². The molecule has 0 fully saturated rings. The maximum atomic E-state index is 12.7. The molecule has 5 nitrogen and oxygen atoms in total. The van der Waals surface area contributed by atoms with Gasteiger partial charge in [-0.1, -0.05) is 30.3 Å². The number of carbonyl (C=O) groups excluding carboxylic acids is 1. The zero-order valence-electron chi connectivity index (χ0n) is 17.1. The average Bonchev–Trinajstić information content (AvgIpc) is 3.07. The van der Waals surface area contributed by atoms with Gasteiger partial charge in [-0.25, -0.2) is 0 Å². The fourth-order valence-electron chi connectivity index (χ4n) is 3.35. The van der Waals surface area contributed by atoms with Gasteiger partial charge in [0.15, 0.2) is 0 Å². The lowest BCUT2D eigenvalue weighted by molar-refractivity contribution is 0.102. The van der Waals surface area contributed by atoms with Gasteiger partial charge in [-0.15, -0.1) is 0 Å². The lowest BCUT2D eigenvalue weighted by Crippen LogP contribution is -2.13. The standard InChI is InChI=1S/C25H24N4O/c1-18-15-19(2)29(28-18)17-20-7-6-8-21(16-20)25(30)27-24-13-11-23(12-14-24)26-22-9-4-3-5-10-22/h3-16,26H,17H2,1-2H3,(H,27,30). The molecule has 0 bridgehead atoms. The molecule has 1 amide bonds. The molecule has 1 aromatic heterocycles. The summed E-state index contributed by atoms with van der Waals surface area (Å²) in [4.78, 5) is 12.7. The van der Waals surface area contributed by atoms with E-state index in [0.29, 0.717) is 12.1 Å². The Morgan fingerprint density at radius 1 is 0.833 bits per heavy atom. The molecule has 0 aliphatic rings. The molecule has 0 saturated carbocycles. The zero-order valence-corrected chi connectivity index (χ0v) is 17.1. The van der Waals surface area contributed by atoms with Gasteiger partial charge in [0.2, 0.25) is 0 Å². The maximum absolute atomic E-state index is 12.7. The van der Waals surface area contributed by atoms with Gasteiger partial charge < -0.3 is 10.6 Å². The summed E-state index contributed by atoms with van der Waals surface area (Å²) in [6.07, 6.45) is 0. The van der Waals surface area contributed by atoms with Crippen LogP contribution in [0.5, 0.6) is 0 Å². The highest BCUT2D eigenvalue weighted by molar-refractivity contribution is 6.04. The Morgan fingerprint density at radius 3 is 2.23 bits per heavy atom. The quantitative estimate of drug-likeness (QED) is 0.450. The first-order valence-electron chi connectivity index (χ1n) is 9.90. The van der Waals surface area contributed by atoms with Gasteiger partial charge in [-0.2, -0.15) is 5.10 Å². The molecule has 0 spiro atoms. The monoisotopic (exact) mass is 396 g/mol. The van der Waals surface area contributed by atoms with E-state index in [1.165, 1.54) is 0 Å². The van der Waals surface area contributed by atoms with Crippen molar-refractivity contribution in [1.82, 2.24) is 9.78 Å². The van der Waals surface area contributed by atoms with E-state index in [2.05, 4.69) is 15.7 Å². The van der Waals surface area contributed by atoms with Crippen LogP contribution in [0.2, 0.25) is 0 Å². The van der Waals surface area contributed by atoms with Crippen LogP contribution in [0.1, 0.15) is 27.3 Å². The Labute approximate surface area is 176 Å². The predicted octanol–water partition coefficient (Wildman–Crippen LogP) is 5.54. The Morgan fingerprint density at radius 2 is 1.53 bits per heavy atom. The minimum atomic E-state index is -0.131. The number of rotatable bonds is 6. The fraction of sp³-hybridized carbons (Fsp3) is 0.120. The van der Waals surface area contributed by atoms with Crippen LogP contribution >= 0.6 is 0 Å². The van der Waals surface area contributed by atoms with Crippen LogP contribution in [0.25, 0.3) is 0 Å². The molecule has 0 aliphatic carbocycles. The van der Waals surface area contributed by atoms with Crippen molar-refractivity contribution in [2.24, 2.45) is 0 Å². The summed E-state index contributed by atoms with van der Waals surface area (Å²) in [5, 5.41) is 10.8. The van der Waals surface area contributed by atoms with Crippen molar-refractivity contribution in [2.75, 3.05) is 10.6 Å². The van der Waals surface area contributed by atoms with Crippen molar-refractivity contribution in [3.63, 3.8) is 0 Å². The number of anilines is 3. The Hall–Kier alpha value is -3.86. The second-order valence-corrected chi connectivity index (χ2v) is 7.31. The van der Waals surface area contributed by atoms with Crippen LogP contribution in [-0.2, 0) is 6.54 Å². The third-order valence-electron chi connectivity index (χ3n) is 4.83. The Bertz CT molecular complexity index is 1150. The SMILES string of the molecule is Cc1cc(C)n(Cc2cccc(C(=O)Nc3ccc(Nc4ccccc4)cc3)c2)n1. The molecular formula is C25H24N4O. The summed E-state index contributed by atoms with van der Waals surface area (Å²) in [5.41, 5.74) is 6.50. The second kappa shape index (κ2) is 8.66. The molecule has 0 saturated heterocycles. The first kappa shape index (κ1) is 19.5. The molecule has 0 radical (unpaired) electrons. The smallest absolute Gasteiger partial charge is 0.255 e. The summed E-state index contributed by atoms with van der Waals surface area (Å²) in [6.45, 7) is 4.65. The van der Waals surface area contributed by atoms with Gasteiger partial charge in [0.05, 0.1) is 12.2 Å². The van der Waals surface area contributed by atoms with Gasteiger partial charge in [0.25, 0.3) is 5.91 Å². The number of aromatic nitrogens is 2. The van der Waals surface area contributed by atoms with E-state index in [1.807, 2.05) is 103 Å². The van der Waals surface area contributed by atoms with Crippen LogP contribution in [0.4, 0.5) is 17.1 Å². The molecule has 3 aromatic carbocycles. The lowest BCUT2D eigenvalue weighted by Gasteiger charge is -2.10. The van der Waals surface area contributed by atoms with E-state index in [0.717, 1.165) is 34.0 Å². The molecule has 0 atom stereocenters. The van der Waals surface area contributed by atoms with Gasteiger partial charge in [0, 0.05) is 28.3 Å². The third-order valence-corrected chi connectivity index (χ3v) is 4.83. The van der Waals surface area contributed by atoms with Crippen molar-refractivity contribution >= 4 is 23.0 Å². The van der Waals surface area contributed by atoms with Crippen molar-refractivity contribution < 1.29 is 4.79 Å². The van der Waals surface area contributed by atoms with Crippen LogP contribution in [0, 0.1) is 13.8 Å². The average molecular weight is 396 g/mol. The van der Waals surface area contributed by atoms with E-state index < -0.39 is 0 Å². The van der Waals surface area contributed by atoms with Gasteiger partial charge >= 0.3 is 0 Å². The van der Waals surface area contributed by atoms with E-state index in [1.54, 1.807) is 0 Å². The molecule has 4 aromatic rings. The van der Waals surface area contributed by atoms with Gasteiger partial charge in [-0.05, 0) is 74.0 Å². The van der Waals surface area contributed by atoms with E-state index in [9.17, 15) is 4.79 Å². The molecule has 2 N–H and O–H groups in total. The number of amides is 1. The van der Waals surface area contributed by atoms with Crippen LogP contribution < -0.4 is 10.6 Å². The molecule has 1 heterocycles. The minimum Gasteiger partial charge on any atom is -0.356 e. The minimum absolute atomic E-state index is 0.131. The van der Waals surface area contributed by atoms with E-state index >= 15 is 0 Å². The molecule has 4 rings (SSSR count). The van der Waals surface area contributed by atoms with Crippen molar-refractivity contribution in [3.05, 3.63) is 107 Å². The second-order valence-electron chi connectivity index (χ2n) is 7.31. The summed E-state index contributed by atoms with van der Waals surface area (Å²) in [5.74, 6) is -0.131. The number of nitrogens with zero attached hydrogens (tertiary/aromatic N) is 2. The maximum Gasteiger partial charge on any atom is 0.255 e. The predicted molar refractivity (Wildman–Crippen MR) is 121 cm³/mol. The van der Waals surface area contributed by atoms with Crippen LogP contribution in [0.3, 0.4) is 0 Å². The van der Waals surface area contributed by atoms with Crippen LogP contribution in [-0.4, -0.2) is 15.7 Å². The van der Waals surface area contributed by atoms with E-state index in [4.69, 9.17) is 0 Å². The number of hydrogen-bond acceptors (Lipinski definition) is 3. The van der Waals surface area contributed by atoms with Crippen molar-refractivity contribution in [1.29, 1.82) is 0 Å². The largest absolute Gasteiger partial charge is 0.356 e. The Kier molecular flexibility index (Phi) is 5.61.